The molecule has 5 nitrogen and oxygen atoms in total. The molecule has 1 saturated heterocycles. The summed E-state index contributed by atoms with van der Waals surface area (Å²) in [4.78, 5) is 12.9. The zero-order valence-corrected chi connectivity index (χ0v) is 21.0. The molecule has 1 fully saturated rings. The Morgan fingerprint density at radius 2 is 1.62 bits per heavy atom. The fourth-order valence-corrected chi connectivity index (χ4v) is 5.12. The molecule has 0 spiro atoms. The number of alkyl halides is 6. The van der Waals surface area contributed by atoms with Crippen LogP contribution in [0.3, 0.4) is 0 Å². The van der Waals surface area contributed by atoms with Gasteiger partial charge in [0.15, 0.2) is 11.1 Å². The van der Waals surface area contributed by atoms with Gasteiger partial charge in [0.05, 0.1) is 11.7 Å². The molecule has 2 N–H and O–H groups in total. The average Bonchev–Trinajstić information content (AvgIpc) is 2.79. The molecular weight excluding hydrogens is 522 g/mol. The number of hydrogen-bond acceptors (Lipinski definition) is 3. The summed E-state index contributed by atoms with van der Waals surface area (Å²) in [6.07, 6.45) is -10.6. The van der Waals surface area contributed by atoms with E-state index in [1.165, 1.54) is 0 Å². The summed E-state index contributed by atoms with van der Waals surface area (Å²) < 4.78 is 106. The van der Waals surface area contributed by atoms with E-state index in [1.54, 1.807) is 38.1 Å². The fraction of sp³-hybridized carbons (Fsp3) is 0.480. The van der Waals surface area contributed by atoms with Crippen molar-refractivity contribution in [3.8, 4) is 0 Å². The van der Waals surface area contributed by atoms with Crippen LogP contribution in [0.1, 0.15) is 48.6 Å². The van der Waals surface area contributed by atoms with Crippen LogP contribution in [0.2, 0.25) is 0 Å². The Morgan fingerprint density at radius 3 is 2.11 bits per heavy atom. The highest BCUT2D eigenvalue weighted by atomic mass is 32.2. The van der Waals surface area contributed by atoms with E-state index < -0.39 is 45.7 Å². The van der Waals surface area contributed by atoms with E-state index in [1.807, 2.05) is 0 Å². The SMILES string of the molecule is CC1CCCN(C(c2ccc(NC(=O)Cc3ccc(C(C)S(=O)O)cc3)cc2)(C(F)(F)F)C(F)(F)F)C1. The van der Waals surface area contributed by atoms with Crippen LogP contribution in [-0.4, -0.2) is 45.0 Å². The van der Waals surface area contributed by atoms with Crippen LogP contribution in [0.25, 0.3) is 0 Å². The number of halogens is 6. The Morgan fingerprint density at radius 1 is 1.05 bits per heavy atom. The van der Waals surface area contributed by atoms with E-state index in [9.17, 15) is 39.9 Å². The van der Waals surface area contributed by atoms with Gasteiger partial charge in [-0.25, -0.2) is 4.21 Å². The summed E-state index contributed by atoms with van der Waals surface area (Å²) in [5.41, 5.74) is -3.89. The first kappa shape index (κ1) is 29.1. The van der Waals surface area contributed by atoms with E-state index in [0.29, 0.717) is 22.4 Å². The third-order valence-electron chi connectivity index (χ3n) is 6.65. The van der Waals surface area contributed by atoms with E-state index in [4.69, 9.17) is 0 Å². The normalized spacial score (nSPS) is 19.3. The van der Waals surface area contributed by atoms with Gasteiger partial charge >= 0.3 is 12.4 Å². The first-order chi connectivity index (χ1) is 17.2. The highest BCUT2D eigenvalue weighted by Gasteiger charge is 2.74. The maximum atomic E-state index is 14.3. The topological polar surface area (TPSA) is 69.6 Å². The van der Waals surface area contributed by atoms with Gasteiger partial charge in [0.2, 0.25) is 11.4 Å². The third-order valence-corrected chi connectivity index (χ3v) is 7.53. The molecule has 37 heavy (non-hydrogen) atoms. The van der Waals surface area contributed by atoms with Gasteiger partial charge in [-0.2, -0.15) is 26.3 Å². The lowest BCUT2D eigenvalue weighted by molar-refractivity contribution is -0.351. The minimum absolute atomic E-state index is 0.0555. The van der Waals surface area contributed by atoms with Gasteiger partial charge in [0, 0.05) is 12.2 Å². The molecule has 204 valence electrons. The van der Waals surface area contributed by atoms with Crippen LogP contribution in [0.4, 0.5) is 32.0 Å². The molecule has 0 radical (unpaired) electrons. The van der Waals surface area contributed by atoms with Crippen LogP contribution in [-0.2, 0) is 27.8 Å². The molecule has 3 rings (SSSR count). The lowest BCUT2D eigenvalue weighted by Crippen LogP contribution is -2.66. The van der Waals surface area contributed by atoms with E-state index in [0.717, 1.165) is 24.3 Å². The van der Waals surface area contributed by atoms with Crippen LogP contribution in [0.15, 0.2) is 48.5 Å². The number of hydrogen-bond donors (Lipinski definition) is 2. The summed E-state index contributed by atoms with van der Waals surface area (Å²) in [5, 5.41) is 1.87. The quantitative estimate of drug-likeness (QED) is 0.318. The summed E-state index contributed by atoms with van der Waals surface area (Å²) in [6, 6.07) is 10.0. The minimum Gasteiger partial charge on any atom is -0.326 e. The largest absolute Gasteiger partial charge is 0.419 e. The standard InChI is InChI=1S/C25H28F6N2O3S/c1-16-4-3-13-33(15-16)23(24(26,27)28,25(29,30)31)20-9-11-21(12-10-20)32-22(34)14-18-5-7-19(8-6-18)17(2)37(35)36/h5-12,16-17H,3-4,13-15H2,1-2H3,(H,32,34)(H,35,36). The maximum absolute atomic E-state index is 14.3. The number of amides is 1. The molecule has 1 aliphatic rings. The first-order valence-electron chi connectivity index (χ1n) is 11.6. The molecule has 1 aliphatic heterocycles. The number of likely N-dealkylation sites (tertiary alicyclic amines) is 1. The predicted molar refractivity (Wildman–Crippen MR) is 128 cm³/mol. The third kappa shape index (κ3) is 6.18. The van der Waals surface area contributed by atoms with Crippen molar-refractivity contribution in [1.82, 2.24) is 4.90 Å². The Hall–Kier alpha value is -2.44. The molecule has 2 aromatic rings. The number of rotatable bonds is 7. The van der Waals surface area contributed by atoms with Crippen molar-refractivity contribution < 1.29 is 39.9 Å². The fourth-order valence-electron chi connectivity index (χ4n) is 4.73. The second-order valence-corrected chi connectivity index (χ2v) is 10.6. The Labute approximate surface area is 213 Å². The molecular formula is C25H28F6N2O3S. The molecule has 2 aromatic carbocycles. The number of anilines is 1. The number of piperidine rings is 1. The smallest absolute Gasteiger partial charge is 0.326 e. The second kappa shape index (κ2) is 11.1. The molecule has 0 aliphatic carbocycles. The Balaban J connectivity index is 1.81. The second-order valence-electron chi connectivity index (χ2n) is 9.36. The monoisotopic (exact) mass is 550 g/mol. The summed E-state index contributed by atoms with van der Waals surface area (Å²) in [7, 11) is 0. The van der Waals surface area contributed by atoms with Crippen molar-refractivity contribution in [2.45, 2.75) is 56.3 Å². The van der Waals surface area contributed by atoms with Crippen molar-refractivity contribution in [2.75, 3.05) is 18.4 Å². The van der Waals surface area contributed by atoms with Gasteiger partial charge in [0.25, 0.3) is 0 Å². The first-order valence-corrected chi connectivity index (χ1v) is 12.8. The molecule has 3 unspecified atom stereocenters. The maximum Gasteiger partial charge on any atom is 0.419 e. The van der Waals surface area contributed by atoms with Gasteiger partial charge < -0.3 is 9.87 Å². The lowest BCUT2D eigenvalue weighted by atomic mass is 9.83. The van der Waals surface area contributed by atoms with Crippen LogP contribution in [0.5, 0.6) is 0 Å². The predicted octanol–water partition coefficient (Wildman–Crippen LogP) is 6.20. The minimum atomic E-state index is -5.63. The number of carbonyl (C=O) groups excluding carboxylic acids is 1. The van der Waals surface area contributed by atoms with Crippen LogP contribution >= 0.6 is 0 Å². The molecule has 1 heterocycles. The van der Waals surface area contributed by atoms with Gasteiger partial charge in [-0.3, -0.25) is 9.69 Å². The summed E-state index contributed by atoms with van der Waals surface area (Å²) in [5.74, 6) is -0.846. The van der Waals surface area contributed by atoms with E-state index in [-0.39, 0.29) is 37.5 Å². The number of carbonyl (C=O) groups is 1. The van der Waals surface area contributed by atoms with Crippen molar-refractivity contribution in [3.63, 3.8) is 0 Å². The van der Waals surface area contributed by atoms with E-state index in [2.05, 4.69) is 5.32 Å². The molecule has 12 heteroatoms. The van der Waals surface area contributed by atoms with Gasteiger partial charge in [-0.05, 0) is 61.1 Å². The molecule has 0 bridgehead atoms. The number of nitrogens with one attached hydrogen (secondary N) is 1. The Kier molecular flexibility index (Phi) is 8.75. The van der Waals surface area contributed by atoms with Gasteiger partial charge in [-0.15, -0.1) is 0 Å². The van der Waals surface area contributed by atoms with Crippen LogP contribution < -0.4 is 5.32 Å². The van der Waals surface area contributed by atoms with Crippen molar-refractivity contribution in [3.05, 3.63) is 65.2 Å². The number of benzene rings is 2. The molecule has 1 amide bonds. The highest BCUT2D eigenvalue weighted by Crippen LogP contribution is 2.55. The average molecular weight is 551 g/mol. The van der Waals surface area contributed by atoms with Crippen molar-refractivity contribution in [2.24, 2.45) is 5.92 Å². The molecule has 0 saturated carbocycles. The number of nitrogens with zero attached hydrogens (tertiary/aromatic N) is 1. The van der Waals surface area contributed by atoms with Crippen molar-refractivity contribution >= 4 is 22.7 Å². The summed E-state index contributed by atoms with van der Waals surface area (Å²) >= 11 is -2.05. The van der Waals surface area contributed by atoms with Crippen molar-refractivity contribution in [1.29, 1.82) is 0 Å². The lowest BCUT2D eigenvalue weighted by Gasteiger charge is -2.48. The van der Waals surface area contributed by atoms with E-state index >= 15 is 0 Å². The highest BCUT2D eigenvalue weighted by molar-refractivity contribution is 7.79. The summed E-state index contributed by atoms with van der Waals surface area (Å²) in [6.45, 7) is 2.51. The molecule has 3 atom stereocenters. The van der Waals surface area contributed by atoms with Crippen LogP contribution in [0, 0.1) is 5.92 Å². The zero-order chi connectivity index (χ0) is 27.6. The zero-order valence-electron chi connectivity index (χ0n) is 20.2. The van der Waals surface area contributed by atoms with Gasteiger partial charge in [-0.1, -0.05) is 43.3 Å². The van der Waals surface area contributed by atoms with Gasteiger partial charge in [0.1, 0.15) is 0 Å². The Bertz CT molecular complexity index is 1090. The molecule has 0 aromatic heterocycles.